The first-order valence-corrected chi connectivity index (χ1v) is 4.20. The molecule has 0 spiro atoms. The molecule has 0 aliphatic rings. The van der Waals surface area contributed by atoms with Gasteiger partial charge in [-0.1, -0.05) is 11.6 Å². The lowest BCUT2D eigenvalue weighted by atomic mass is 9.80. The van der Waals surface area contributed by atoms with Crippen molar-refractivity contribution in [2.45, 2.75) is 0 Å². The molecule has 0 amide bonds. The standard InChI is InChI=1S/C6H4BBrClFO2/c8-4-1-3(7(11)12)5(9)2-6(4)10/h1-2,11-12H. The zero-order valence-electron chi connectivity index (χ0n) is 5.76. The number of hydrogen-bond acceptors (Lipinski definition) is 2. The smallest absolute Gasteiger partial charge is 0.423 e. The molecule has 1 aromatic rings. The second-order valence-electron chi connectivity index (χ2n) is 2.16. The molecular weight excluding hydrogens is 249 g/mol. The Morgan fingerprint density at radius 1 is 1.42 bits per heavy atom. The Kier molecular flexibility index (Phi) is 3.12. The van der Waals surface area contributed by atoms with Gasteiger partial charge in [-0.05, 0) is 28.1 Å². The Morgan fingerprint density at radius 3 is 2.50 bits per heavy atom. The summed E-state index contributed by atoms with van der Waals surface area (Å²) in [5.41, 5.74) is 0.0740. The first-order valence-electron chi connectivity index (χ1n) is 3.03. The largest absolute Gasteiger partial charge is 0.489 e. The van der Waals surface area contributed by atoms with Gasteiger partial charge in [0.1, 0.15) is 5.82 Å². The molecule has 2 N–H and O–H groups in total. The number of benzene rings is 1. The van der Waals surface area contributed by atoms with Crippen LogP contribution in [0.25, 0.3) is 0 Å². The second kappa shape index (κ2) is 3.74. The van der Waals surface area contributed by atoms with Crippen molar-refractivity contribution in [2.75, 3.05) is 0 Å². The van der Waals surface area contributed by atoms with Gasteiger partial charge in [0, 0.05) is 10.5 Å². The van der Waals surface area contributed by atoms with Crippen LogP contribution in [0.1, 0.15) is 0 Å². The molecule has 0 fully saturated rings. The molecule has 2 nitrogen and oxygen atoms in total. The van der Waals surface area contributed by atoms with Gasteiger partial charge >= 0.3 is 7.12 Å². The molecule has 0 atom stereocenters. The predicted octanol–water partition coefficient (Wildman–Crippen LogP) is 0.921. The molecule has 0 bridgehead atoms. The molecular formula is C6H4BBrClFO2. The highest BCUT2D eigenvalue weighted by atomic mass is 79.9. The van der Waals surface area contributed by atoms with Crippen LogP contribution in [-0.2, 0) is 0 Å². The van der Waals surface area contributed by atoms with E-state index in [4.69, 9.17) is 21.6 Å². The van der Waals surface area contributed by atoms with Crippen LogP contribution in [0.5, 0.6) is 0 Å². The lowest BCUT2D eigenvalue weighted by molar-refractivity contribution is 0.425. The van der Waals surface area contributed by atoms with Gasteiger partial charge in [-0.3, -0.25) is 0 Å². The maximum absolute atomic E-state index is 12.7. The fourth-order valence-corrected chi connectivity index (χ4v) is 1.34. The van der Waals surface area contributed by atoms with E-state index in [0.717, 1.165) is 6.07 Å². The molecule has 1 aromatic carbocycles. The SMILES string of the molecule is OB(O)c1cc(Br)c(F)cc1Cl. The van der Waals surface area contributed by atoms with Crippen molar-refractivity contribution >= 4 is 40.1 Å². The summed E-state index contributed by atoms with van der Waals surface area (Å²) in [6.45, 7) is 0. The minimum Gasteiger partial charge on any atom is -0.423 e. The van der Waals surface area contributed by atoms with Gasteiger partial charge < -0.3 is 10.0 Å². The average Bonchev–Trinajstić information content (AvgIpc) is 1.96. The maximum Gasteiger partial charge on any atom is 0.489 e. The Labute approximate surface area is 82.2 Å². The van der Waals surface area contributed by atoms with Gasteiger partial charge in [0.05, 0.1) is 4.47 Å². The third kappa shape index (κ3) is 1.98. The Hall–Kier alpha value is -0.0951. The van der Waals surface area contributed by atoms with Crippen molar-refractivity contribution in [1.82, 2.24) is 0 Å². The Balaban J connectivity index is 3.23. The minimum atomic E-state index is -1.69. The van der Waals surface area contributed by atoms with E-state index in [-0.39, 0.29) is 15.0 Å². The zero-order valence-corrected chi connectivity index (χ0v) is 8.10. The highest BCUT2D eigenvalue weighted by molar-refractivity contribution is 9.10. The molecule has 0 heterocycles. The van der Waals surface area contributed by atoms with Crippen molar-refractivity contribution in [3.8, 4) is 0 Å². The van der Waals surface area contributed by atoms with Crippen LogP contribution in [0.4, 0.5) is 4.39 Å². The van der Waals surface area contributed by atoms with Crippen LogP contribution < -0.4 is 5.46 Å². The predicted molar refractivity (Wildman–Crippen MR) is 48.9 cm³/mol. The number of halogens is 3. The first-order chi connectivity index (χ1) is 5.52. The minimum absolute atomic E-state index is 0.00861. The molecule has 0 saturated carbocycles. The van der Waals surface area contributed by atoms with Crippen LogP contribution in [-0.4, -0.2) is 17.2 Å². The third-order valence-corrected chi connectivity index (χ3v) is 2.25. The highest BCUT2D eigenvalue weighted by Gasteiger charge is 2.17. The van der Waals surface area contributed by atoms with Crippen molar-refractivity contribution < 1.29 is 14.4 Å². The topological polar surface area (TPSA) is 40.5 Å². The average molecular weight is 253 g/mol. The maximum atomic E-state index is 12.7. The van der Waals surface area contributed by atoms with Crippen molar-refractivity contribution in [1.29, 1.82) is 0 Å². The van der Waals surface area contributed by atoms with Crippen molar-refractivity contribution in [3.05, 3.63) is 27.4 Å². The summed E-state index contributed by atoms with van der Waals surface area (Å²) in [6.07, 6.45) is 0. The summed E-state index contributed by atoms with van der Waals surface area (Å²) in [6, 6.07) is 2.24. The number of rotatable bonds is 1. The molecule has 0 aliphatic carbocycles. The molecule has 0 aliphatic heterocycles. The van der Waals surface area contributed by atoms with Gasteiger partial charge in [-0.25, -0.2) is 4.39 Å². The van der Waals surface area contributed by atoms with Gasteiger partial charge in [0.25, 0.3) is 0 Å². The normalized spacial score (nSPS) is 10.1. The van der Waals surface area contributed by atoms with Crippen LogP contribution in [0.15, 0.2) is 16.6 Å². The van der Waals surface area contributed by atoms with Gasteiger partial charge in [0.15, 0.2) is 0 Å². The summed E-state index contributed by atoms with van der Waals surface area (Å²) < 4.78 is 12.9. The van der Waals surface area contributed by atoms with E-state index < -0.39 is 12.9 Å². The Morgan fingerprint density at radius 2 is 2.00 bits per heavy atom. The third-order valence-electron chi connectivity index (χ3n) is 1.32. The zero-order chi connectivity index (χ0) is 9.30. The van der Waals surface area contributed by atoms with Crippen molar-refractivity contribution in [3.63, 3.8) is 0 Å². The van der Waals surface area contributed by atoms with E-state index in [2.05, 4.69) is 15.9 Å². The summed E-state index contributed by atoms with van der Waals surface area (Å²) in [5, 5.41) is 17.5. The summed E-state index contributed by atoms with van der Waals surface area (Å²) >= 11 is 8.41. The molecule has 0 unspecified atom stereocenters. The number of hydrogen-bond donors (Lipinski definition) is 2. The Bertz CT molecular complexity index is 308. The summed E-state index contributed by atoms with van der Waals surface area (Å²) in [5.74, 6) is -0.538. The van der Waals surface area contributed by atoms with Gasteiger partial charge in [-0.2, -0.15) is 0 Å². The lowest BCUT2D eigenvalue weighted by Gasteiger charge is -2.03. The molecule has 1 rings (SSSR count). The van der Waals surface area contributed by atoms with E-state index in [1.807, 2.05) is 0 Å². The quantitative estimate of drug-likeness (QED) is 0.577. The molecule has 0 aromatic heterocycles. The molecule has 12 heavy (non-hydrogen) atoms. The molecule has 0 saturated heterocycles. The van der Waals surface area contributed by atoms with E-state index in [1.54, 1.807) is 0 Å². The lowest BCUT2D eigenvalue weighted by Crippen LogP contribution is -2.31. The monoisotopic (exact) mass is 252 g/mol. The molecule has 0 radical (unpaired) electrons. The molecule has 64 valence electrons. The van der Waals surface area contributed by atoms with E-state index in [9.17, 15) is 4.39 Å². The van der Waals surface area contributed by atoms with Crippen LogP contribution in [0, 0.1) is 5.82 Å². The molecule has 6 heteroatoms. The van der Waals surface area contributed by atoms with Crippen LogP contribution in [0.3, 0.4) is 0 Å². The van der Waals surface area contributed by atoms with E-state index in [1.165, 1.54) is 6.07 Å². The van der Waals surface area contributed by atoms with E-state index >= 15 is 0 Å². The fraction of sp³-hybridized carbons (Fsp3) is 0. The van der Waals surface area contributed by atoms with Crippen molar-refractivity contribution in [2.24, 2.45) is 0 Å². The van der Waals surface area contributed by atoms with E-state index in [0.29, 0.717) is 0 Å². The fourth-order valence-electron chi connectivity index (χ4n) is 0.736. The first kappa shape index (κ1) is 9.99. The van der Waals surface area contributed by atoms with Gasteiger partial charge in [0.2, 0.25) is 0 Å². The highest BCUT2D eigenvalue weighted by Crippen LogP contribution is 2.17. The summed E-state index contributed by atoms with van der Waals surface area (Å²) in [4.78, 5) is 0. The van der Waals surface area contributed by atoms with Gasteiger partial charge in [-0.15, -0.1) is 0 Å². The van der Waals surface area contributed by atoms with Crippen LogP contribution >= 0.6 is 27.5 Å². The summed E-state index contributed by atoms with van der Waals surface area (Å²) in [7, 11) is -1.69. The van der Waals surface area contributed by atoms with Crippen LogP contribution in [0.2, 0.25) is 5.02 Å². The second-order valence-corrected chi connectivity index (χ2v) is 3.42.